The van der Waals surface area contributed by atoms with Crippen molar-refractivity contribution in [1.82, 2.24) is 19.4 Å². The first-order valence-electron chi connectivity index (χ1n) is 10.4. The smallest absolute Gasteiger partial charge is 0.266 e. The quantitative estimate of drug-likeness (QED) is 0.279. The molecule has 0 radical (unpaired) electrons. The average molecular weight is 440 g/mol. The molecule has 166 valence electrons. The van der Waals surface area contributed by atoms with Crippen LogP contribution in [0.3, 0.4) is 0 Å². The van der Waals surface area contributed by atoms with E-state index in [4.69, 9.17) is 15.9 Å². The summed E-state index contributed by atoms with van der Waals surface area (Å²) in [6.45, 7) is 2.24. The van der Waals surface area contributed by atoms with Gasteiger partial charge in [0.25, 0.3) is 6.43 Å². The molecule has 1 aliphatic heterocycles. The first-order chi connectivity index (χ1) is 15.3. The maximum atomic E-state index is 13.8. The van der Waals surface area contributed by atoms with Crippen molar-refractivity contribution in [2.45, 2.75) is 44.7 Å². The van der Waals surface area contributed by atoms with Crippen molar-refractivity contribution < 1.29 is 18.8 Å². The van der Waals surface area contributed by atoms with Gasteiger partial charge < -0.3 is 20.4 Å². The SMILES string of the molecule is CC1C(=O)N(C)Cc2c(-c3cccc4nc(/C(N)=N/O)c(C(F)F)cc34)nc(C3CC3)n21. The summed E-state index contributed by atoms with van der Waals surface area (Å²) in [7, 11) is 1.75. The van der Waals surface area contributed by atoms with Gasteiger partial charge in [0, 0.05) is 29.5 Å². The fourth-order valence-electron chi connectivity index (χ4n) is 4.48. The van der Waals surface area contributed by atoms with E-state index in [1.807, 2.05) is 17.6 Å². The summed E-state index contributed by atoms with van der Waals surface area (Å²) < 4.78 is 29.7. The molecule has 8 nitrogen and oxygen atoms in total. The molecular formula is C22H22F2N6O2. The molecule has 1 saturated carbocycles. The van der Waals surface area contributed by atoms with E-state index in [9.17, 15) is 13.6 Å². The van der Waals surface area contributed by atoms with E-state index in [2.05, 4.69) is 10.1 Å². The minimum absolute atomic E-state index is 0.0198. The standard InChI is InChI=1S/C22H22F2N6O2/c1-10-22(31)29(2)9-16-17(27-21(30(10)16)11-6-7-11)12-4-3-5-15-13(12)8-14(19(23)24)18(26-15)20(25)28-32/h3-5,8,10-11,19,32H,6-7,9H2,1-2H3,(H2,25,28). The van der Waals surface area contributed by atoms with Gasteiger partial charge in [-0.05, 0) is 31.9 Å². The second-order valence-corrected chi connectivity index (χ2v) is 8.36. The number of oxime groups is 1. The lowest BCUT2D eigenvalue weighted by molar-refractivity contribution is -0.135. The predicted octanol–water partition coefficient (Wildman–Crippen LogP) is 3.54. The van der Waals surface area contributed by atoms with Crippen molar-refractivity contribution in [1.29, 1.82) is 0 Å². The zero-order valence-corrected chi connectivity index (χ0v) is 17.6. The Morgan fingerprint density at radius 2 is 2.06 bits per heavy atom. The van der Waals surface area contributed by atoms with E-state index < -0.39 is 17.8 Å². The van der Waals surface area contributed by atoms with Gasteiger partial charge in [0.15, 0.2) is 5.84 Å². The minimum Gasteiger partial charge on any atom is -0.409 e. The molecule has 3 heterocycles. The molecule has 2 aliphatic rings. The number of amides is 1. The van der Waals surface area contributed by atoms with E-state index >= 15 is 0 Å². The number of nitrogens with two attached hydrogens (primary N) is 1. The molecule has 1 unspecified atom stereocenters. The van der Waals surface area contributed by atoms with Gasteiger partial charge in [-0.3, -0.25) is 4.79 Å². The van der Waals surface area contributed by atoms with Gasteiger partial charge in [-0.25, -0.2) is 18.7 Å². The Bertz CT molecular complexity index is 1280. The highest BCUT2D eigenvalue weighted by Crippen LogP contribution is 2.45. The highest BCUT2D eigenvalue weighted by atomic mass is 19.3. The van der Waals surface area contributed by atoms with Crippen molar-refractivity contribution in [2.75, 3.05) is 7.05 Å². The van der Waals surface area contributed by atoms with Gasteiger partial charge in [-0.2, -0.15) is 0 Å². The van der Waals surface area contributed by atoms with Gasteiger partial charge in [0.2, 0.25) is 5.91 Å². The summed E-state index contributed by atoms with van der Waals surface area (Å²) >= 11 is 0. The number of carbonyl (C=O) groups is 1. The minimum atomic E-state index is -2.86. The summed E-state index contributed by atoms with van der Waals surface area (Å²) in [6.07, 6.45) is -0.831. The van der Waals surface area contributed by atoms with Crippen LogP contribution in [0.5, 0.6) is 0 Å². The highest BCUT2D eigenvalue weighted by molar-refractivity contribution is 6.02. The molecule has 1 aliphatic carbocycles. The molecular weight excluding hydrogens is 418 g/mol. The Morgan fingerprint density at radius 3 is 2.72 bits per heavy atom. The number of nitrogens with zero attached hydrogens (tertiary/aromatic N) is 5. The van der Waals surface area contributed by atoms with Crippen LogP contribution in [-0.4, -0.2) is 43.4 Å². The number of amidine groups is 1. The van der Waals surface area contributed by atoms with E-state index in [0.29, 0.717) is 34.6 Å². The Labute approximate surface area is 182 Å². The fourth-order valence-corrected chi connectivity index (χ4v) is 4.48. The normalized spacial score (nSPS) is 19.2. The molecule has 1 aromatic carbocycles. The third-order valence-corrected chi connectivity index (χ3v) is 6.22. The van der Waals surface area contributed by atoms with Gasteiger partial charge in [-0.1, -0.05) is 17.3 Å². The van der Waals surface area contributed by atoms with Crippen molar-refractivity contribution in [3.05, 3.63) is 47.0 Å². The summed E-state index contributed by atoms with van der Waals surface area (Å²) in [5.74, 6) is 0.720. The lowest BCUT2D eigenvalue weighted by Gasteiger charge is -2.31. The van der Waals surface area contributed by atoms with Gasteiger partial charge in [0.05, 0.1) is 23.4 Å². The number of carbonyl (C=O) groups excluding carboxylic acids is 1. The number of hydrogen-bond acceptors (Lipinski definition) is 5. The van der Waals surface area contributed by atoms with E-state index in [1.165, 1.54) is 6.07 Å². The third kappa shape index (κ3) is 3.01. The molecule has 1 fully saturated rings. The van der Waals surface area contributed by atoms with Crippen molar-refractivity contribution in [2.24, 2.45) is 10.9 Å². The molecule has 1 amide bonds. The zero-order chi connectivity index (χ0) is 22.7. The fraction of sp³-hybridized carbons (Fsp3) is 0.364. The number of fused-ring (bicyclic) bond motifs is 2. The predicted molar refractivity (Wildman–Crippen MR) is 114 cm³/mol. The molecule has 3 aromatic rings. The van der Waals surface area contributed by atoms with Crippen LogP contribution in [0.4, 0.5) is 8.78 Å². The maximum Gasteiger partial charge on any atom is 0.266 e. The van der Waals surface area contributed by atoms with E-state index in [0.717, 1.165) is 24.4 Å². The third-order valence-electron chi connectivity index (χ3n) is 6.22. The zero-order valence-electron chi connectivity index (χ0n) is 17.6. The van der Waals surface area contributed by atoms with Crippen molar-refractivity contribution in [3.8, 4) is 11.3 Å². The number of rotatable bonds is 4. The number of aromatic nitrogens is 3. The molecule has 1 atom stereocenters. The molecule has 0 spiro atoms. The first kappa shape index (κ1) is 20.3. The summed E-state index contributed by atoms with van der Waals surface area (Å²) in [4.78, 5) is 23.5. The molecule has 5 rings (SSSR count). The number of pyridine rings is 1. The van der Waals surface area contributed by atoms with Crippen LogP contribution in [-0.2, 0) is 11.3 Å². The van der Waals surface area contributed by atoms with Crippen LogP contribution in [0.2, 0.25) is 0 Å². The monoisotopic (exact) mass is 440 g/mol. The highest BCUT2D eigenvalue weighted by Gasteiger charge is 2.38. The average Bonchev–Trinajstić information content (AvgIpc) is 3.56. The molecule has 32 heavy (non-hydrogen) atoms. The molecule has 3 N–H and O–H groups in total. The number of benzene rings is 1. The van der Waals surface area contributed by atoms with Gasteiger partial charge >= 0.3 is 0 Å². The molecule has 0 saturated heterocycles. The van der Waals surface area contributed by atoms with Crippen molar-refractivity contribution in [3.63, 3.8) is 0 Å². The number of imidazole rings is 1. The van der Waals surface area contributed by atoms with E-state index in [1.54, 1.807) is 24.1 Å². The van der Waals surface area contributed by atoms with Crippen LogP contribution in [0.1, 0.15) is 60.9 Å². The lowest BCUT2D eigenvalue weighted by atomic mass is 10.00. The van der Waals surface area contributed by atoms with Gasteiger partial charge in [0.1, 0.15) is 17.6 Å². The maximum absolute atomic E-state index is 13.8. The topological polar surface area (TPSA) is 110 Å². The second kappa shape index (κ2) is 7.25. The van der Waals surface area contributed by atoms with Crippen LogP contribution < -0.4 is 5.73 Å². The Hall–Kier alpha value is -3.56. The Morgan fingerprint density at radius 1 is 1.31 bits per heavy atom. The van der Waals surface area contributed by atoms with Gasteiger partial charge in [-0.15, -0.1) is 0 Å². The summed E-state index contributed by atoms with van der Waals surface area (Å²) in [5, 5.41) is 12.3. The molecule has 0 bridgehead atoms. The van der Waals surface area contributed by atoms with Crippen molar-refractivity contribution >= 4 is 22.6 Å². The largest absolute Gasteiger partial charge is 0.409 e. The number of hydrogen-bond donors (Lipinski definition) is 2. The number of halogens is 2. The Balaban J connectivity index is 1.78. The number of alkyl halides is 2. The van der Waals surface area contributed by atoms with Crippen LogP contribution >= 0.6 is 0 Å². The van der Waals surface area contributed by atoms with Crippen LogP contribution in [0.25, 0.3) is 22.2 Å². The van der Waals surface area contributed by atoms with E-state index in [-0.39, 0.29) is 17.6 Å². The van der Waals surface area contributed by atoms with Crippen LogP contribution in [0.15, 0.2) is 29.4 Å². The number of likely N-dealkylation sites (N-methyl/N-ethyl adjacent to an activating group) is 1. The van der Waals surface area contributed by atoms with Crippen LogP contribution in [0, 0.1) is 0 Å². The Kier molecular flexibility index (Phi) is 4.61. The molecule has 2 aromatic heterocycles. The second-order valence-electron chi connectivity index (χ2n) is 8.36. The lowest BCUT2D eigenvalue weighted by Crippen LogP contribution is -2.39. The summed E-state index contributed by atoms with van der Waals surface area (Å²) in [5.41, 5.74) is 7.57. The molecule has 10 heteroatoms. The summed E-state index contributed by atoms with van der Waals surface area (Å²) in [6, 6.07) is 6.23. The first-order valence-corrected chi connectivity index (χ1v) is 10.4.